The molecule has 0 saturated carbocycles. The Morgan fingerprint density at radius 1 is 1.53 bits per heavy atom. The Hall–Kier alpha value is -0.450. The Kier molecular flexibility index (Phi) is 4.54. The molecule has 1 aromatic carbocycles. The quantitative estimate of drug-likeness (QED) is 0.926. The zero-order chi connectivity index (χ0) is 12.3. The van der Waals surface area contributed by atoms with Gasteiger partial charge in [-0.1, -0.05) is 15.9 Å². The number of nitrogens with one attached hydrogen (secondary N) is 1. The van der Waals surface area contributed by atoms with Gasteiger partial charge < -0.3 is 10.1 Å². The standard InChI is InChI=1S/C13H17BrFNO/c1-17-8-10-5-11(14)6-12(13(10)15)9-3-2-4-16-7-9/h5-6,9,16H,2-4,7-8H2,1H3. The predicted octanol–water partition coefficient (Wildman–Crippen LogP) is 3.20. The fraction of sp³-hybridized carbons (Fsp3) is 0.538. The first-order valence-corrected chi connectivity index (χ1v) is 6.69. The summed E-state index contributed by atoms with van der Waals surface area (Å²) in [7, 11) is 1.59. The molecule has 17 heavy (non-hydrogen) atoms. The van der Waals surface area contributed by atoms with E-state index in [4.69, 9.17) is 4.74 Å². The van der Waals surface area contributed by atoms with Crippen molar-refractivity contribution in [2.75, 3.05) is 20.2 Å². The summed E-state index contributed by atoms with van der Waals surface area (Å²) in [6.45, 7) is 2.22. The van der Waals surface area contributed by atoms with E-state index in [0.717, 1.165) is 36.0 Å². The molecule has 1 saturated heterocycles. The molecule has 2 rings (SSSR count). The Balaban J connectivity index is 2.31. The molecule has 1 aliphatic rings. The van der Waals surface area contributed by atoms with E-state index in [1.54, 1.807) is 13.2 Å². The number of rotatable bonds is 3. The molecular weight excluding hydrogens is 285 g/mol. The summed E-state index contributed by atoms with van der Waals surface area (Å²) in [5, 5.41) is 3.32. The van der Waals surface area contributed by atoms with Crippen LogP contribution in [0.5, 0.6) is 0 Å². The molecule has 1 unspecified atom stereocenters. The summed E-state index contributed by atoms with van der Waals surface area (Å²) >= 11 is 3.44. The van der Waals surface area contributed by atoms with E-state index in [0.29, 0.717) is 12.2 Å². The zero-order valence-corrected chi connectivity index (χ0v) is 11.5. The van der Waals surface area contributed by atoms with Crippen molar-refractivity contribution in [3.63, 3.8) is 0 Å². The second kappa shape index (κ2) is 5.94. The van der Waals surface area contributed by atoms with Crippen LogP contribution >= 0.6 is 15.9 Å². The van der Waals surface area contributed by atoms with Crippen molar-refractivity contribution in [2.45, 2.75) is 25.4 Å². The van der Waals surface area contributed by atoms with E-state index in [9.17, 15) is 4.39 Å². The van der Waals surface area contributed by atoms with E-state index in [1.807, 2.05) is 6.07 Å². The summed E-state index contributed by atoms with van der Waals surface area (Å²) in [5.41, 5.74) is 1.43. The second-order valence-electron chi connectivity index (χ2n) is 4.44. The van der Waals surface area contributed by atoms with Crippen LogP contribution < -0.4 is 5.32 Å². The average molecular weight is 302 g/mol. The van der Waals surface area contributed by atoms with Crippen LogP contribution in [0.25, 0.3) is 0 Å². The van der Waals surface area contributed by atoms with Gasteiger partial charge in [0.15, 0.2) is 0 Å². The zero-order valence-electron chi connectivity index (χ0n) is 9.93. The lowest BCUT2D eigenvalue weighted by Gasteiger charge is -2.24. The number of ether oxygens (including phenoxy) is 1. The van der Waals surface area contributed by atoms with Gasteiger partial charge in [0.25, 0.3) is 0 Å². The third kappa shape index (κ3) is 3.06. The summed E-state index contributed by atoms with van der Waals surface area (Å²) < 4.78 is 20.2. The minimum atomic E-state index is -0.108. The lowest BCUT2D eigenvalue weighted by Crippen LogP contribution is -2.29. The van der Waals surface area contributed by atoms with Crippen molar-refractivity contribution in [3.05, 3.63) is 33.5 Å². The van der Waals surface area contributed by atoms with Crippen LogP contribution in [0.2, 0.25) is 0 Å². The van der Waals surface area contributed by atoms with E-state index in [1.165, 1.54) is 0 Å². The molecule has 0 aromatic heterocycles. The molecule has 1 N–H and O–H groups in total. The number of hydrogen-bond donors (Lipinski definition) is 1. The molecular formula is C13H17BrFNO. The topological polar surface area (TPSA) is 21.3 Å². The van der Waals surface area contributed by atoms with Gasteiger partial charge in [-0.05, 0) is 43.0 Å². The van der Waals surface area contributed by atoms with Crippen LogP contribution in [0.3, 0.4) is 0 Å². The van der Waals surface area contributed by atoms with Gasteiger partial charge in [-0.3, -0.25) is 0 Å². The number of benzene rings is 1. The molecule has 1 aliphatic heterocycles. The minimum Gasteiger partial charge on any atom is -0.380 e. The maximum absolute atomic E-state index is 14.3. The molecule has 1 aromatic rings. The summed E-state index contributed by atoms with van der Waals surface area (Å²) in [6, 6.07) is 3.69. The molecule has 0 bridgehead atoms. The number of hydrogen-bond acceptors (Lipinski definition) is 2. The van der Waals surface area contributed by atoms with Gasteiger partial charge in [0.05, 0.1) is 6.61 Å². The number of piperidine rings is 1. The highest BCUT2D eigenvalue weighted by molar-refractivity contribution is 9.10. The van der Waals surface area contributed by atoms with Crippen LogP contribution in [-0.2, 0) is 11.3 Å². The van der Waals surface area contributed by atoms with Crippen LogP contribution in [0.4, 0.5) is 4.39 Å². The van der Waals surface area contributed by atoms with Gasteiger partial charge in [0, 0.05) is 23.7 Å². The molecule has 1 fully saturated rings. The maximum Gasteiger partial charge on any atom is 0.132 e. The first kappa shape index (κ1) is 13.0. The predicted molar refractivity (Wildman–Crippen MR) is 69.7 cm³/mol. The normalized spacial score (nSPS) is 20.5. The fourth-order valence-electron chi connectivity index (χ4n) is 2.34. The van der Waals surface area contributed by atoms with Crippen molar-refractivity contribution >= 4 is 15.9 Å². The fourth-order valence-corrected chi connectivity index (χ4v) is 2.87. The van der Waals surface area contributed by atoms with E-state index < -0.39 is 0 Å². The molecule has 1 heterocycles. The van der Waals surface area contributed by atoms with Crippen molar-refractivity contribution in [2.24, 2.45) is 0 Å². The molecule has 0 aliphatic carbocycles. The maximum atomic E-state index is 14.3. The van der Waals surface area contributed by atoms with E-state index >= 15 is 0 Å². The number of methoxy groups -OCH3 is 1. The minimum absolute atomic E-state index is 0.108. The van der Waals surface area contributed by atoms with E-state index in [-0.39, 0.29) is 11.7 Å². The Labute approximate surface area is 110 Å². The SMILES string of the molecule is COCc1cc(Br)cc(C2CCCNC2)c1F. The smallest absolute Gasteiger partial charge is 0.132 e. The van der Waals surface area contributed by atoms with Gasteiger partial charge in [-0.25, -0.2) is 4.39 Å². The third-order valence-electron chi connectivity index (χ3n) is 3.18. The van der Waals surface area contributed by atoms with Crippen molar-refractivity contribution in [3.8, 4) is 0 Å². The molecule has 0 radical (unpaired) electrons. The molecule has 0 spiro atoms. The van der Waals surface area contributed by atoms with Gasteiger partial charge in [-0.2, -0.15) is 0 Å². The lowest BCUT2D eigenvalue weighted by molar-refractivity contribution is 0.181. The molecule has 1 atom stereocenters. The Morgan fingerprint density at radius 3 is 3.00 bits per heavy atom. The summed E-state index contributed by atoms with van der Waals surface area (Å²) in [5.74, 6) is 0.167. The van der Waals surface area contributed by atoms with Gasteiger partial charge in [-0.15, -0.1) is 0 Å². The summed E-state index contributed by atoms with van der Waals surface area (Å²) in [6.07, 6.45) is 2.16. The second-order valence-corrected chi connectivity index (χ2v) is 5.36. The third-order valence-corrected chi connectivity index (χ3v) is 3.64. The van der Waals surface area contributed by atoms with Crippen LogP contribution in [-0.4, -0.2) is 20.2 Å². The Bertz CT molecular complexity index is 391. The van der Waals surface area contributed by atoms with Gasteiger partial charge >= 0.3 is 0 Å². The first-order valence-electron chi connectivity index (χ1n) is 5.90. The largest absolute Gasteiger partial charge is 0.380 e. The van der Waals surface area contributed by atoms with Crippen LogP contribution in [0, 0.1) is 5.82 Å². The first-order chi connectivity index (χ1) is 8.22. The van der Waals surface area contributed by atoms with Crippen LogP contribution in [0.15, 0.2) is 16.6 Å². The van der Waals surface area contributed by atoms with Gasteiger partial charge in [0.1, 0.15) is 5.82 Å². The summed E-state index contributed by atoms with van der Waals surface area (Å²) in [4.78, 5) is 0. The monoisotopic (exact) mass is 301 g/mol. The number of halogens is 2. The van der Waals surface area contributed by atoms with Crippen molar-refractivity contribution in [1.82, 2.24) is 5.32 Å². The van der Waals surface area contributed by atoms with Crippen LogP contribution in [0.1, 0.15) is 29.9 Å². The highest BCUT2D eigenvalue weighted by Crippen LogP contribution is 2.30. The van der Waals surface area contributed by atoms with Crippen molar-refractivity contribution < 1.29 is 9.13 Å². The van der Waals surface area contributed by atoms with Crippen molar-refractivity contribution in [1.29, 1.82) is 0 Å². The molecule has 94 valence electrons. The van der Waals surface area contributed by atoms with E-state index in [2.05, 4.69) is 21.2 Å². The highest BCUT2D eigenvalue weighted by Gasteiger charge is 2.21. The average Bonchev–Trinajstić information content (AvgIpc) is 2.35. The molecule has 2 nitrogen and oxygen atoms in total. The highest BCUT2D eigenvalue weighted by atomic mass is 79.9. The Morgan fingerprint density at radius 2 is 2.35 bits per heavy atom. The lowest BCUT2D eigenvalue weighted by atomic mass is 9.90. The molecule has 4 heteroatoms. The molecule has 0 amide bonds. The van der Waals surface area contributed by atoms with Gasteiger partial charge in [0.2, 0.25) is 0 Å².